The molecule has 9 heteroatoms. The second-order valence-electron chi connectivity index (χ2n) is 5.06. The van der Waals surface area contributed by atoms with Gasteiger partial charge in [0.25, 0.3) is 11.8 Å². The van der Waals surface area contributed by atoms with Gasteiger partial charge in [-0.1, -0.05) is 0 Å². The predicted molar refractivity (Wildman–Crippen MR) is 76.4 cm³/mol. The zero-order valence-electron chi connectivity index (χ0n) is 11.6. The summed E-state index contributed by atoms with van der Waals surface area (Å²) in [6.45, 7) is 1.09. The van der Waals surface area contributed by atoms with E-state index in [4.69, 9.17) is 21.8 Å². The van der Waals surface area contributed by atoms with Crippen LogP contribution in [0.2, 0.25) is 5.22 Å². The van der Waals surface area contributed by atoms with E-state index in [2.05, 4.69) is 10.1 Å². The number of rotatable bonds is 3. The number of halogens is 1. The molecule has 22 heavy (non-hydrogen) atoms. The van der Waals surface area contributed by atoms with Gasteiger partial charge in [0.2, 0.25) is 5.82 Å². The van der Waals surface area contributed by atoms with Crippen molar-refractivity contribution >= 4 is 23.4 Å². The molecule has 0 saturated carbocycles. The second-order valence-corrected chi connectivity index (χ2v) is 5.44. The van der Waals surface area contributed by atoms with Crippen molar-refractivity contribution in [2.75, 3.05) is 13.1 Å². The maximum Gasteiger partial charge on any atom is 0.289 e. The lowest BCUT2D eigenvalue weighted by molar-refractivity contribution is 0.0640. The SMILES string of the molecule is NC(=O)c1ncn([C@H]2CCCN(C(=O)c3ccc(Cl)o3)C2)n1. The Morgan fingerprint density at radius 1 is 1.41 bits per heavy atom. The van der Waals surface area contributed by atoms with Crippen molar-refractivity contribution in [3.63, 3.8) is 0 Å². The van der Waals surface area contributed by atoms with Crippen LogP contribution in [0.3, 0.4) is 0 Å². The molecule has 2 N–H and O–H groups in total. The molecule has 8 nitrogen and oxygen atoms in total. The van der Waals surface area contributed by atoms with Crippen LogP contribution >= 0.6 is 11.6 Å². The Morgan fingerprint density at radius 2 is 2.23 bits per heavy atom. The summed E-state index contributed by atoms with van der Waals surface area (Å²) in [6, 6.07) is 3.03. The van der Waals surface area contributed by atoms with Gasteiger partial charge in [0.05, 0.1) is 6.04 Å². The molecule has 0 radical (unpaired) electrons. The number of aromatic nitrogens is 3. The fraction of sp³-hybridized carbons (Fsp3) is 0.385. The number of hydrogen-bond donors (Lipinski definition) is 1. The Labute approximate surface area is 130 Å². The van der Waals surface area contributed by atoms with Gasteiger partial charge in [-0.3, -0.25) is 9.59 Å². The highest BCUT2D eigenvalue weighted by Gasteiger charge is 2.28. The van der Waals surface area contributed by atoms with Gasteiger partial charge in [0.15, 0.2) is 11.0 Å². The summed E-state index contributed by atoms with van der Waals surface area (Å²) in [4.78, 5) is 28.9. The Morgan fingerprint density at radius 3 is 2.86 bits per heavy atom. The number of likely N-dealkylation sites (tertiary alicyclic amines) is 1. The highest BCUT2D eigenvalue weighted by Crippen LogP contribution is 2.23. The lowest BCUT2D eigenvalue weighted by atomic mass is 10.1. The topological polar surface area (TPSA) is 107 Å². The van der Waals surface area contributed by atoms with Crippen molar-refractivity contribution in [1.82, 2.24) is 19.7 Å². The molecule has 3 heterocycles. The Balaban J connectivity index is 1.73. The highest BCUT2D eigenvalue weighted by molar-refractivity contribution is 6.29. The van der Waals surface area contributed by atoms with Crippen molar-refractivity contribution < 1.29 is 14.0 Å². The normalized spacial score (nSPS) is 18.4. The summed E-state index contributed by atoms with van der Waals surface area (Å²) in [5, 5.41) is 4.23. The van der Waals surface area contributed by atoms with E-state index in [1.54, 1.807) is 15.6 Å². The summed E-state index contributed by atoms with van der Waals surface area (Å²) < 4.78 is 6.73. The molecule has 1 fully saturated rings. The lowest BCUT2D eigenvalue weighted by Crippen LogP contribution is -2.40. The van der Waals surface area contributed by atoms with E-state index in [0.29, 0.717) is 13.1 Å². The number of furan rings is 1. The van der Waals surface area contributed by atoms with E-state index in [-0.39, 0.29) is 28.8 Å². The number of piperidine rings is 1. The summed E-state index contributed by atoms with van der Waals surface area (Å²) in [5.74, 6) is -0.706. The minimum atomic E-state index is -0.673. The van der Waals surface area contributed by atoms with Crippen LogP contribution in [0, 0.1) is 0 Å². The third-order valence-electron chi connectivity index (χ3n) is 3.57. The largest absolute Gasteiger partial charge is 0.440 e. The first-order valence-corrected chi connectivity index (χ1v) is 7.18. The van der Waals surface area contributed by atoms with E-state index in [1.807, 2.05) is 0 Å². The summed E-state index contributed by atoms with van der Waals surface area (Å²) in [7, 11) is 0. The quantitative estimate of drug-likeness (QED) is 0.910. The van der Waals surface area contributed by atoms with Crippen LogP contribution in [0.4, 0.5) is 0 Å². The number of primary amides is 1. The molecule has 2 aromatic rings. The molecule has 0 aliphatic carbocycles. The molecular formula is C13H14ClN5O3. The molecule has 1 saturated heterocycles. The van der Waals surface area contributed by atoms with Crippen molar-refractivity contribution in [3.8, 4) is 0 Å². The van der Waals surface area contributed by atoms with E-state index in [9.17, 15) is 9.59 Å². The van der Waals surface area contributed by atoms with Gasteiger partial charge >= 0.3 is 0 Å². The van der Waals surface area contributed by atoms with Crippen molar-refractivity contribution in [3.05, 3.63) is 35.3 Å². The van der Waals surface area contributed by atoms with Gasteiger partial charge in [-0.15, -0.1) is 5.10 Å². The zero-order chi connectivity index (χ0) is 15.7. The average Bonchev–Trinajstić information content (AvgIpc) is 3.15. The average molecular weight is 324 g/mol. The lowest BCUT2D eigenvalue weighted by Gasteiger charge is -2.32. The number of hydrogen-bond acceptors (Lipinski definition) is 5. The highest BCUT2D eigenvalue weighted by atomic mass is 35.5. The number of carbonyl (C=O) groups is 2. The maximum atomic E-state index is 12.4. The monoisotopic (exact) mass is 323 g/mol. The zero-order valence-corrected chi connectivity index (χ0v) is 12.4. The smallest absolute Gasteiger partial charge is 0.289 e. The fourth-order valence-corrected chi connectivity index (χ4v) is 2.65. The van der Waals surface area contributed by atoms with Crippen LogP contribution in [-0.2, 0) is 0 Å². The van der Waals surface area contributed by atoms with Crippen molar-refractivity contribution in [1.29, 1.82) is 0 Å². The van der Waals surface area contributed by atoms with Gasteiger partial charge in [0, 0.05) is 13.1 Å². The van der Waals surface area contributed by atoms with Gasteiger partial charge in [0.1, 0.15) is 6.33 Å². The van der Waals surface area contributed by atoms with E-state index in [1.165, 1.54) is 12.4 Å². The van der Waals surface area contributed by atoms with E-state index < -0.39 is 5.91 Å². The molecule has 0 unspecified atom stereocenters. The summed E-state index contributed by atoms with van der Waals surface area (Å²) in [6.07, 6.45) is 3.11. The third-order valence-corrected chi connectivity index (χ3v) is 3.77. The van der Waals surface area contributed by atoms with Crippen LogP contribution in [-0.4, -0.2) is 44.6 Å². The number of nitrogens with zero attached hydrogens (tertiary/aromatic N) is 4. The second kappa shape index (κ2) is 5.80. The van der Waals surface area contributed by atoms with Gasteiger partial charge in [-0.05, 0) is 36.6 Å². The molecular weight excluding hydrogens is 310 g/mol. The molecule has 1 atom stereocenters. The fourth-order valence-electron chi connectivity index (χ4n) is 2.50. The first kappa shape index (κ1) is 14.6. The van der Waals surface area contributed by atoms with Gasteiger partial charge in [-0.25, -0.2) is 9.67 Å². The standard InChI is InChI=1S/C13H14ClN5O3/c14-10-4-3-9(22-10)13(21)18-5-1-2-8(6-18)19-7-16-12(17-19)11(15)20/h3-4,7-8H,1-2,5-6H2,(H2,15,20)/t8-/m0/s1. The molecule has 2 amide bonds. The predicted octanol–water partition coefficient (Wildman–Crippen LogP) is 1.10. The number of nitrogens with two attached hydrogens (primary N) is 1. The van der Waals surface area contributed by atoms with Crippen LogP contribution in [0.1, 0.15) is 40.1 Å². The van der Waals surface area contributed by atoms with Crippen molar-refractivity contribution in [2.45, 2.75) is 18.9 Å². The Kier molecular flexibility index (Phi) is 3.84. The van der Waals surface area contributed by atoms with Crippen LogP contribution in [0.5, 0.6) is 0 Å². The van der Waals surface area contributed by atoms with Crippen LogP contribution in [0.25, 0.3) is 0 Å². The Hall–Kier alpha value is -2.35. The third kappa shape index (κ3) is 2.82. The van der Waals surface area contributed by atoms with Gasteiger partial charge < -0.3 is 15.1 Å². The summed E-state index contributed by atoms with van der Waals surface area (Å²) in [5.41, 5.74) is 5.14. The van der Waals surface area contributed by atoms with Crippen molar-refractivity contribution in [2.24, 2.45) is 5.73 Å². The van der Waals surface area contributed by atoms with Gasteiger partial charge in [-0.2, -0.15) is 0 Å². The van der Waals surface area contributed by atoms with E-state index >= 15 is 0 Å². The molecule has 0 bridgehead atoms. The first-order valence-electron chi connectivity index (χ1n) is 6.80. The minimum absolute atomic E-state index is 0.0266. The molecule has 0 aromatic carbocycles. The first-order chi connectivity index (χ1) is 10.5. The maximum absolute atomic E-state index is 12.4. The van der Waals surface area contributed by atoms with Crippen LogP contribution < -0.4 is 5.73 Å². The molecule has 1 aliphatic heterocycles. The molecule has 1 aliphatic rings. The molecule has 2 aromatic heterocycles. The Bertz CT molecular complexity index is 710. The van der Waals surface area contributed by atoms with Crippen LogP contribution in [0.15, 0.2) is 22.9 Å². The summed E-state index contributed by atoms with van der Waals surface area (Å²) >= 11 is 5.70. The van der Waals surface area contributed by atoms with E-state index in [0.717, 1.165) is 12.8 Å². The minimum Gasteiger partial charge on any atom is -0.440 e. The molecule has 116 valence electrons. The molecule has 0 spiro atoms. The number of carbonyl (C=O) groups excluding carboxylic acids is 2. The molecule has 3 rings (SSSR count). The number of amides is 2.